The maximum absolute atomic E-state index is 13.5. The number of amides is 3. The predicted octanol–water partition coefficient (Wildman–Crippen LogP) is 4.86. The number of carbonyl (C=O) groups is 3. The van der Waals surface area contributed by atoms with E-state index in [2.05, 4.69) is 25.6 Å². The molecule has 1 aliphatic rings. The molecule has 0 bridgehead atoms. The van der Waals surface area contributed by atoms with Gasteiger partial charge in [-0.3, -0.25) is 19.2 Å². The van der Waals surface area contributed by atoms with E-state index in [1.165, 1.54) is 0 Å². The third kappa shape index (κ3) is 6.96. The molecule has 3 heterocycles. The summed E-state index contributed by atoms with van der Waals surface area (Å²) in [5, 5.41) is 6.30. The molecule has 2 aromatic heterocycles. The van der Waals surface area contributed by atoms with Crippen LogP contribution in [0.15, 0.2) is 65.5 Å². The van der Waals surface area contributed by atoms with E-state index in [4.69, 9.17) is 5.73 Å². The quantitative estimate of drug-likeness (QED) is 0.144. The van der Waals surface area contributed by atoms with Gasteiger partial charge in [0.05, 0.1) is 17.5 Å². The number of likely N-dealkylation sites (tertiary alicyclic amines) is 1. The second-order valence-electron chi connectivity index (χ2n) is 12.7. The molecule has 3 aromatic carbocycles. The van der Waals surface area contributed by atoms with Crippen molar-refractivity contribution in [2.24, 2.45) is 5.73 Å². The number of H-pyrrole nitrogens is 2. The van der Waals surface area contributed by atoms with E-state index in [0.717, 1.165) is 57.0 Å². The number of para-hydroxylation sites is 1. The first-order chi connectivity index (χ1) is 23.5. The molecule has 0 unspecified atom stereocenters. The topological polar surface area (TPSA) is 166 Å². The molecule has 1 fully saturated rings. The monoisotopic (exact) mass is 659 g/mol. The Labute approximate surface area is 284 Å². The van der Waals surface area contributed by atoms with Crippen molar-refractivity contribution in [1.82, 2.24) is 25.2 Å². The van der Waals surface area contributed by atoms with Crippen molar-refractivity contribution in [3.05, 3.63) is 116 Å². The van der Waals surface area contributed by atoms with Crippen LogP contribution in [0.4, 0.5) is 5.69 Å². The first kappa shape index (κ1) is 33.2. The summed E-state index contributed by atoms with van der Waals surface area (Å²) in [6, 6.07) is 18.9. The summed E-state index contributed by atoms with van der Waals surface area (Å²) in [7, 11) is 0. The Morgan fingerprint density at radius 2 is 1.76 bits per heavy atom. The highest BCUT2D eigenvalue weighted by molar-refractivity contribution is 6.04. The van der Waals surface area contributed by atoms with Gasteiger partial charge in [-0.05, 0) is 92.3 Å². The van der Waals surface area contributed by atoms with Gasteiger partial charge in [0.25, 0.3) is 17.4 Å². The largest absolute Gasteiger partial charge is 0.385 e. The summed E-state index contributed by atoms with van der Waals surface area (Å²) >= 11 is 0. The van der Waals surface area contributed by atoms with Crippen molar-refractivity contribution in [3.8, 4) is 11.1 Å². The minimum atomic E-state index is -0.521. The smallest absolute Gasteiger partial charge is 0.253 e. The van der Waals surface area contributed by atoms with Gasteiger partial charge >= 0.3 is 0 Å². The SMILES string of the molecule is CCNc1cc(-c2ccc(CC(=O)N3CC[C@@H](c4nc5c(C(N)=O)cccc5[nH]4)C3)cc2)cc(C(=O)NCc2c(C)cc(C)[nH]c2=O)c1C. The van der Waals surface area contributed by atoms with E-state index in [9.17, 15) is 19.2 Å². The zero-order chi connectivity index (χ0) is 34.8. The van der Waals surface area contributed by atoms with Crippen LogP contribution in [0.1, 0.15) is 73.8 Å². The van der Waals surface area contributed by atoms with Crippen molar-refractivity contribution in [2.45, 2.75) is 53.0 Å². The minimum absolute atomic E-state index is 0.0376. The lowest BCUT2D eigenvalue weighted by molar-refractivity contribution is -0.129. The number of aryl methyl sites for hydroxylation is 2. The molecular formula is C38H41N7O4. The molecule has 1 aliphatic heterocycles. The van der Waals surface area contributed by atoms with Gasteiger partial charge < -0.3 is 31.2 Å². The van der Waals surface area contributed by atoms with E-state index in [1.807, 2.05) is 81.1 Å². The number of carbonyl (C=O) groups excluding carboxylic acids is 3. The molecule has 11 nitrogen and oxygen atoms in total. The number of hydrogen-bond donors (Lipinski definition) is 5. The third-order valence-corrected chi connectivity index (χ3v) is 9.31. The standard InChI is InChI=1S/C38H41N7O4/c1-5-40-32-18-27(17-29(23(32)4)37(48)41-19-30-21(2)15-22(3)42-38(30)49)25-11-9-24(10-12-25)16-33(46)45-14-13-26(20-45)36-43-31-8-6-7-28(35(39)47)34(31)44-36/h6-12,15,17-18,26,40H,5,13-14,16,19-20H2,1-4H3,(H2,39,47)(H,41,48)(H,42,49)(H,43,44)/t26-/m1/s1. The number of pyridine rings is 1. The minimum Gasteiger partial charge on any atom is -0.385 e. The molecule has 0 spiro atoms. The van der Waals surface area contributed by atoms with Gasteiger partial charge in [-0.2, -0.15) is 0 Å². The van der Waals surface area contributed by atoms with E-state index in [-0.39, 0.29) is 36.3 Å². The lowest BCUT2D eigenvalue weighted by atomic mass is 9.96. The number of benzene rings is 3. The Hall–Kier alpha value is -5.71. The van der Waals surface area contributed by atoms with Gasteiger partial charge in [-0.25, -0.2) is 4.98 Å². The zero-order valence-electron chi connectivity index (χ0n) is 28.2. The Morgan fingerprint density at radius 3 is 2.47 bits per heavy atom. The fourth-order valence-electron chi connectivity index (χ4n) is 6.61. The number of aromatic nitrogens is 3. The lowest BCUT2D eigenvalue weighted by Crippen LogP contribution is -2.30. The number of rotatable bonds is 10. The van der Waals surface area contributed by atoms with Crippen LogP contribution < -0.4 is 21.9 Å². The van der Waals surface area contributed by atoms with Crippen LogP contribution in [0.3, 0.4) is 0 Å². The number of fused-ring (bicyclic) bond motifs is 1. The number of primary amides is 1. The van der Waals surface area contributed by atoms with Gasteiger partial charge in [0, 0.05) is 54.6 Å². The first-order valence-electron chi connectivity index (χ1n) is 16.5. The third-order valence-electron chi connectivity index (χ3n) is 9.31. The molecular weight excluding hydrogens is 618 g/mol. The molecule has 252 valence electrons. The van der Waals surface area contributed by atoms with E-state index in [0.29, 0.717) is 41.8 Å². The average molecular weight is 660 g/mol. The number of nitrogens with one attached hydrogen (secondary N) is 4. The summed E-state index contributed by atoms with van der Waals surface area (Å²) in [4.78, 5) is 63.8. The zero-order valence-corrected chi connectivity index (χ0v) is 28.2. The van der Waals surface area contributed by atoms with Crippen LogP contribution in [0.2, 0.25) is 0 Å². The van der Waals surface area contributed by atoms with Crippen molar-refractivity contribution in [3.63, 3.8) is 0 Å². The van der Waals surface area contributed by atoms with Crippen molar-refractivity contribution < 1.29 is 14.4 Å². The van der Waals surface area contributed by atoms with Gasteiger partial charge in [0.15, 0.2) is 0 Å². The van der Waals surface area contributed by atoms with Gasteiger partial charge in [-0.1, -0.05) is 30.3 Å². The highest BCUT2D eigenvalue weighted by Gasteiger charge is 2.30. The van der Waals surface area contributed by atoms with E-state index >= 15 is 0 Å². The fraction of sp³-hybridized carbons (Fsp3) is 0.289. The highest BCUT2D eigenvalue weighted by atomic mass is 16.2. The van der Waals surface area contributed by atoms with E-state index < -0.39 is 5.91 Å². The fourth-order valence-corrected chi connectivity index (χ4v) is 6.61. The molecule has 49 heavy (non-hydrogen) atoms. The molecule has 5 aromatic rings. The molecule has 3 amide bonds. The van der Waals surface area contributed by atoms with Gasteiger partial charge in [-0.15, -0.1) is 0 Å². The first-order valence-corrected chi connectivity index (χ1v) is 16.5. The lowest BCUT2D eigenvalue weighted by Gasteiger charge is -2.17. The molecule has 1 saturated heterocycles. The second-order valence-corrected chi connectivity index (χ2v) is 12.7. The van der Waals surface area contributed by atoms with Crippen molar-refractivity contribution >= 4 is 34.4 Å². The molecule has 0 radical (unpaired) electrons. The summed E-state index contributed by atoms with van der Waals surface area (Å²) in [6.07, 6.45) is 1.04. The van der Waals surface area contributed by atoms with Crippen molar-refractivity contribution in [2.75, 3.05) is 25.0 Å². The Morgan fingerprint density at radius 1 is 0.980 bits per heavy atom. The molecule has 6 N–H and O–H groups in total. The van der Waals surface area contributed by atoms with Crippen LogP contribution in [-0.4, -0.2) is 57.2 Å². The Balaban J connectivity index is 1.14. The van der Waals surface area contributed by atoms with Crippen LogP contribution in [-0.2, 0) is 17.8 Å². The van der Waals surface area contributed by atoms with Gasteiger partial charge in [0.1, 0.15) is 11.3 Å². The molecule has 11 heteroatoms. The summed E-state index contributed by atoms with van der Waals surface area (Å²) in [6.45, 7) is 9.58. The molecule has 6 rings (SSSR count). The number of nitrogens with zero attached hydrogens (tertiary/aromatic N) is 2. The number of hydrogen-bond acceptors (Lipinski definition) is 6. The summed E-state index contributed by atoms with van der Waals surface area (Å²) in [5.74, 6) is 0.0489. The maximum Gasteiger partial charge on any atom is 0.253 e. The predicted molar refractivity (Wildman–Crippen MR) is 191 cm³/mol. The summed E-state index contributed by atoms with van der Waals surface area (Å²) in [5.41, 5.74) is 14.0. The van der Waals surface area contributed by atoms with Gasteiger partial charge in [0.2, 0.25) is 5.91 Å². The number of anilines is 1. The average Bonchev–Trinajstić information content (AvgIpc) is 3.73. The van der Waals surface area contributed by atoms with Crippen molar-refractivity contribution in [1.29, 1.82) is 0 Å². The van der Waals surface area contributed by atoms with Crippen LogP contribution in [0, 0.1) is 20.8 Å². The molecule has 0 saturated carbocycles. The second kappa shape index (κ2) is 13.8. The van der Waals surface area contributed by atoms with Crippen LogP contribution in [0.5, 0.6) is 0 Å². The number of imidazole rings is 1. The molecule has 1 atom stereocenters. The summed E-state index contributed by atoms with van der Waals surface area (Å²) < 4.78 is 0. The van der Waals surface area contributed by atoms with Crippen LogP contribution in [0.25, 0.3) is 22.2 Å². The Bertz CT molecular complexity index is 2130. The number of aromatic amines is 2. The Kier molecular flexibility index (Phi) is 9.35. The number of nitrogens with two attached hydrogens (primary N) is 1. The van der Waals surface area contributed by atoms with E-state index in [1.54, 1.807) is 12.1 Å². The van der Waals surface area contributed by atoms with Crippen LogP contribution >= 0.6 is 0 Å². The maximum atomic E-state index is 13.5. The normalized spacial score (nSPS) is 14.3. The molecule has 0 aliphatic carbocycles. The highest BCUT2D eigenvalue weighted by Crippen LogP contribution is 2.31.